The molecule has 0 radical (unpaired) electrons. The average Bonchev–Trinajstić information content (AvgIpc) is 3.10. The molecule has 2 aliphatic heterocycles. The minimum Gasteiger partial charge on any atom is -0.320 e. The zero-order valence-corrected chi connectivity index (χ0v) is 11.7. The van der Waals surface area contributed by atoms with Crippen molar-refractivity contribution in [2.75, 3.05) is 25.0 Å². The molecule has 1 aromatic carbocycles. The Labute approximate surface area is 123 Å². The minimum absolute atomic E-state index is 0.00236. The Kier molecular flexibility index (Phi) is 3.00. The van der Waals surface area contributed by atoms with Crippen molar-refractivity contribution in [3.05, 3.63) is 36.5 Å². The number of anilines is 1. The van der Waals surface area contributed by atoms with Crippen LogP contribution in [0.15, 0.2) is 36.5 Å². The van der Waals surface area contributed by atoms with E-state index in [2.05, 4.69) is 15.6 Å². The molecule has 4 rings (SSSR count). The number of pyridine rings is 1. The molecule has 0 aliphatic carbocycles. The molecule has 2 N–H and O–H groups in total. The average molecular weight is 282 g/mol. The maximum Gasteiger partial charge on any atom is 0.322 e. The molecule has 2 aromatic rings. The van der Waals surface area contributed by atoms with Gasteiger partial charge in [-0.05, 0) is 36.6 Å². The first-order valence-corrected chi connectivity index (χ1v) is 7.45. The monoisotopic (exact) mass is 282 g/mol. The summed E-state index contributed by atoms with van der Waals surface area (Å²) in [5.41, 5.74) is 1.73. The quantitative estimate of drug-likeness (QED) is 0.842. The smallest absolute Gasteiger partial charge is 0.320 e. The predicted octanol–water partition coefficient (Wildman–Crippen LogP) is 2.06. The van der Waals surface area contributed by atoms with Crippen molar-refractivity contribution in [2.24, 2.45) is 5.92 Å². The summed E-state index contributed by atoms with van der Waals surface area (Å²) in [6, 6.07) is 10.0. The molecule has 0 saturated carbocycles. The molecule has 2 aliphatic rings. The molecular formula is C16H18N4O. The topological polar surface area (TPSA) is 57.3 Å². The predicted molar refractivity (Wildman–Crippen MR) is 82.2 cm³/mol. The van der Waals surface area contributed by atoms with Crippen LogP contribution in [0, 0.1) is 5.92 Å². The molecule has 5 nitrogen and oxygen atoms in total. The van der Waals surface area contributed by atoms with Crippen LogP contribution >= 0.6 is 0 Å². The maximum absolute atomic E-state index is 12.6. The van der Waals surface area contributed by atoms with Crippen LogP contribution in [0.3, 0.4) is 0 Å². The van der Waals surface area contributed by atoms with Gasteiger partial charge in [0.15, 0.2) is 0 Å². The third kappa shape index (κ3) is 2.14. The van der Waals surface area contributed by atoms with Gasteiger partial charge in [0.05, 0.1) is 11.2 Å². The third-order valence-electron chi connectivity index (χ3n) is 4.59. The molecule has 2 atom stereocenters. The first-order chi connectivity index (χ1) is 10.3. The van der Waals surface area contributed by atoms with Crippen LogP contribution in [0.25, 0.3) is 10.9 Å². The van der Waals surface area contributed by atoms with E-state index < -0.39 is 0 Å². The van der Waals surface area contributed by atoms with E-state index in [1.54, 1.807) is 6.20 Å². The summed E-state index contributed by atoms with van der Waals surface area (Å²) in [7, 11) is 0. The highest BCUT2D eigenvalue weighted by atomic mass is 16.2. The Morgan fingerprint density at radius 3 is 3.19 bits per heavy atom. The number of benzene rings is 1. The summed E-state index contributed by atoms with van der Waals surface area (Å²) >= 11 is 0. The number of likely N-dealkylation sites (tertiary alicyclic amines) is 1. The largest absolute Gasteiger partial charge is 0.322 e. The van der Waals surface area contributed by atoms with Gasteiger partial charge in [-0.25, -0.2) is 4.79 Å². The van der Waals surface area contributed by atoms with Gasteiger partial charge in [0, 0.05) is 37.3 Å². The number of hydrogen-bond donors (Lipinski definition) is 2. The minimum atomic E-state index is 0.00236. The maximum atomic E-state index is 12.6. The number of carbonyl (C=O) groups excluding carboxylic acids is 1. The van der Waals surface area contributed by atoms with Gasteiger partial charge in [-0.1, -0.05) is 6.07 Å². The van der Waals surface area contributed by atoms with Crippen molar-refractivity contribution in [1.82, 2.24) is 15.2 Å². The Balaban J connectivity index is 1.58. The second-order valence-electron chi connectivity index (χ2n) is 5.77. The number of aromatic nitrogens is 1. The Morgan fingerprint density at radius 1 is 1.29 bits per heavy atom. The van der Waals surface area contributed by atoms with E-state index in [9.17, 15) is 4.79 Å². The number of nitrogens with one attached hydrogen (secondary N) is 2. The second kappa shape index (κ2) is 5.00. The molecule has 1 aromatic heterocycles. The van der Waals surface area contributed by atoms with Crippen LogP contribution in [0.1, 0.15) is 6.42 Å². The van der Waals surface area contributed by atoms with E-state index in [4.69, 9.17) is 0 Å². The summed E-state index contributed by atoms with van der Waals surface area (Å²) < 4.78 is 0. The van der Waals surface area contributed by atoms with Crippen LogP contribution in [-0.2, 0) is 0 Å². The van der Waals surface area contributed by atoms with Crippen molar-refractivity contribution in [3.8, 4) is 0 Å². The molecule has 0 spiro atoms. The number of carbonyl (C=O) groups is 1. The normalized spacial score (nSPS) is 24.3. The van der Waals surface area contributed by atoms with Gasteiger partial charge in [0.1, 0.15) is 0 Å². The number of hydrogen-bond acceptors (Lipinski definition) is 3. The molecule has 21 heavy (non-hydrogen) atoms. The Bertz CT molecular complexity index is 682. The lowest BCUT2D eigenvalue weighted by molar-refractivity contribution is 0.206. The van der Waals surface area contributed by atoms with Gasteiger partial charge in [-0.2, -0.15) is 0 Å². The lowest BCUT2D eigenvalue weighted by atomic mass is 10.1. The fourth-order valence-corrected chi connectivity index (χ4v) is 3.50. The van der Waals surface area contributed by atoms with Crippen LogP contribution in [0.4, 0.5) is 10.5 Å². The summed E-state index contributed by atoms with van der Waals surface area (Å²) in [6.07, 6.45) is 2.87. The summed E-state index contributed by atoms with van der Waals surface area (Å²) in [4.78, 5) is 18.9. The molecule has 2 amide bonds. The van der Waals surface area contributed by atoms with E-state index in [1.807, 2.05) is 35.2 Å². The van der Waals surface area contributed by atoms with Crippen molar-refractivity contribution in [2.45, 2.75) is 12.5 Å². The molecule has 3 heterocycles. The SMILES string of the molecule is O=C(Nc1cccc2ncccc12)N1CC[C@H]2CNC[C@H]21. The summed E-state index contributed by atoms with van der Waals surface area (Å²) in [6.45, 7) is 2.80. The molecule has 2 fully saturated rings. The fraction of sp³-hybridized carbons (Fsp3) is 0.375. The van der Waals surface area contributed by atoms with Gasteiger partial charge >= 0.3 is 6.03 Å². The van der Waals surface area contributed by atoms with Gasteiger partial charge in [-0.3, -0.25) is 4.98 Å². The van der Waals surface area contributed by atoms with Gasteiger partial charge in [0.2, 0.25) is 0 Å². The first-order valence-electron chi connectivity index (χ1n) is 7.45. The van der Waals surface area contributed by atoms with Crippen LogP contribution in [0.5, 0.6) is 0 Å². The lowest BCUT2D eigenvalue weighted by Crippen LogP contribution is -2.41. The zero-order chi connectivity index (χ0) is 14.2. The molecule has 0 unspecified atom stereocenters. The summed E-state index contributed by atoms with van der Waals surface area (Å²) in [5, 5.41) is 7.41. The molecular weight excluding hydrogens is 264 g/mol. The van der Waals surface area contributed by atoms with Crippen molar-refractivity contribution < 1.29 is 4.79 Å². The van der Waals surface area contributed by atoms with Crippen LogP contribution in [0.2, 0.25) is 0 Å². The Morgan fingerprint density at radius 2 is 2.24 bits per heavy atom. The number of amides is 2. The van der Waals surface area contributed by atoms with Crippen molar-refractivity contribution >= 4 is 22.6 Å². The highest BCUT2D eigenvalue weighted by Gasteiger charge is 2.39. The van der Waals surface area contributed by atoms with E-state index in [-0.39, 0.29) is 6.03 Å². The van der Waals surface area contributed by atoms with Gasteiger partial charge in [0.25, 0.3) is 0 Å². The van der Waals surface area contributed by atoms with E-state index >= 15 is 0 Å². The number of fused-ring (bicyclic) bond motifs is 2. The molecule has 108 valence electrons. The number of nitrogens with zero attached hydrogens (tertiary/aromatic N) is 2. The summed E-state index contributed by atoms with van der Waals surface area (Å²) in [5.74, 6) is 0.616. The third-order valence-corrected chi connectivity index (χ3v) is 4.59. The Hall–Kier alpha value is -2.14. The van der Waals surface area contributed by atoms with E-state index in [1.165, 1.54) is 0 Å². The lowest BCUT2D eigenvalue weighted by Gasteiger charge is -2.24. The van der Waals surface area contributed by atoms with Gasteiger partial charge < -0.3 is 15.5 Å². The molecule has 0 bridgehead atoms. The first kappa shape index (κ1) is 12.6. The highest BCUT2D eigenvalue weighted by molar-refractivity contribution is 6.00. The zero-order valence-electron chi connectivity index (χ0n) is 11.7. The van der Waals surface area contributed by atoms with Crippen molar-refractivity contribution in [1.29, 1.82) is 0 Å². The van der Waals surface area contributed by atoms with Crippen molar-refractivity contribution in [3.63, 3.8) is 0 Å². The van der Waals surface area contributed by atoms with E-state index in [0.29, 0.717) is 12.0 Å². The fourth-order valence-electron chi connectivity index (χ4n) is 3.50. The number of rotatable bonds is 1. The van der Waals surface area contributed by atoms with Gasteiger partial charge in [-0.15, -0.1) is 0 Å². The molecule has 2 saturated heterocycles. The standard InChI is InChI=1S/C16H18N4O/c21-16(20-8-6-11-9-17-10-15(11)20)19-14-5-1-4-13-12(14)3-2-7-18-13/h1-5,7,11,15,17H,6,8-10H2,(H,19,21)/t11-,15+/m0/s1. The number of urea groups is 1. The van der Waals surface area contributed by atoms with Crippen LogP contribution in [-0.4, -0.2) is 41.6 Å². The second-order valence-corrected chi connectivity index (χ2v) is 5.77. The van der Waals surface area contributed by atoms with E-state index in [0.717, 1.165) is 42.6 Å². The molecule has 5 heteroatoms. The highest BCUT2D eigenvalue weighted by Crippen LogP contribution is 2.28. The van der Waals surface area contributed by atoms with Crippen LogP contribution < -0.4 is 10.6 Å².